The van der Waals surface area contributed by atoms with Gasteiger partial charge in [-0.3, -0.25) is 0 Å². The highest BCUT2D eigenvalue weighted by Crippen LogP contribution is 2.49. The molecule has 5 aromatic carbocycles. The van der Waals surface area contributed by atoms with Crippen molar-refractivity contribution in [2.24, 2.45) is 15.4 Å². The molecule has 0 radical (unpaired) electrons. The highest BCUT2D eigenvalue weighted by Gasteiger charge is 2.36. The maximum absolute atomic E-state index is 5.62. The van der Waals surface area contributed by atoms with Crippen molar-refractivity contribution in [1.82, 2.24) is 9.47 Å². The number of amidine groups is 2. The third-order valence-electron chi connectivity index (χ3n) is 11.3. The van der Waals surface area contributed by atoms with E-state index in [1.807, 2.05) is 0 Å². The third-order valence-corrected chi connectivity index (χ3v) is 11.3. The zero-order valence-electron chi connectivity index (χ0n) is 30.6. The van der Waals surface area contributed by atoms with Gasteiger partial charge in [0.15, 0.2) is 5.84 Å². The van der Waals surface area contributed by atoms with Crippen molar-refractivity contribution < 1.29 is 0 Å². The first-order valence-electron chi connectivity index (χ1n) is 18.5. The summed E-state index contributed by atoms with van der Waals surface area (Å²) >= 11 is 0. The van der Waals surface area contributed by atoms with E-state index in [9.17, 15) is 0 Å². The van der Waals surface area contributed by atoms with Crippen LogP contribution in [0, 0.1) is 12.3 Å². The first-order valence-corrected chi connectivity index (χ1v) is 18.5. The highest BCUT2D eigenvalue weighted by atomic mass is 15.4. The number of benzene rings is 5. The summed E-state index contributed by atoms with van der Waals surface area (Å²) in [6.07, 6.45) is 12.2. The minimum Gasteiger partial charge on any atom is -0.320 e. The zero-order chi connectivity index (χ0) is 35.6. The van der Waals surface area contributed by atoms with E-state index in [-0.39, 0.29) is 23.5 Å². The second-order valence-electron chi connectivity index (χ2n) is 15.4. The smallest absolute Gasteiger partial charge is 0.206 e. The molecule has 0 saturated heterocycles. The van der Waals surface area contributed by atoms with Gasteiger partial charge in [0.2, 0.25) is 6.29 Å². The maximum atomic E-state index is 5.62. The van der Waals surface area contributed by atoms with Gasteiger partial charge in [-0.25, -0.2) is 9.98 Å². The molecule has 1 aromatic heterocycles. The van der Waals surface area contributed by atoms with E-state index in [0.717, 1.165) is 29.2 Å². The number of fused-ring (bicyclic) bond motifs is 5. The number of hydrogen-bond acceptors (Lipinski definition) is 3. The van der Waals surface area contributed by atoms with Crippen molar-refractivity contribution >= 4 is 39.4 Å². The van der Waals surface area contributed by atoms with Crippen LogP contribution >= 0.6 is 0 Å². The average molecular weight is 677 g/mol. The van der Waals surface area contributed by atoms with Crippen LogP contribution in [0.25, 0.3) is 38.9 Å². The summed E-state index contributed by atoms with van der Waals surface area (Å²) in [5.41, 5.74) is 11.0. The van der Waals surface area contributed by atoms with Crippen molar-refractivity contribution in [2.45, 2.75) is 52.2 Å². The quantitative estimate of drug-likeness (QED) is 0.179. The topological polar surface area (TPSA) is 32.9 Å². The van der Waals surface area contributed by atoms with Gasteiger partial charge >= 0.3 is 0 Å². The van der Waals surface area contributed by atoms with Gasteiger partial charge in [0.05, 0.1) is 5.52 Å². The lowest BCUT2D eigenvalue weighted by atomic mass is 9.79. The molecular weight excluding hydrogens is 633 g/mol. The molecule has 4 heteroatoms. The van der Waals surface area contributed by atoms with E-state index in [2.05, 4.69) is 190 Å². The van der Waals surface area contributed by atoms with E-state index >= 15 is 0 Å². The fraction of sp³-hybridized carbons (Fsp3) is 0.208. The number of hydrogen-bond donors (Lipinski definition) is 0. The van der Waals surface area contributed by atoms with Crippen LogP contribution in [0.3, 0.4) is 0 Å². The highest BCUT2D eigenvalue weighted by molar-refractivity contribution is 6.17. The summed E-state index contributed by atoms with van der Waals surface area (Å²) in [6, 6.07) is 41.8. The van der Waals surface area contributed by atoms with Crippen LogP contribution < -0.4 is 0 Å². The lowest BCUT2D eigenvalue weighted by Gasteiger charge is -2.37. The number of aryl methyl sites for hydroxylation is 1. The minimum absolute atomic E-state index is 0.108. The van der Waals surface area contributed by atoms with Crippen LogP contribution in [0.15, 0.2) is 155 Å². The molecule has 4 nitrogen and oxygen atoms in total. The minimum atomic E-state index is -0.366. The second kappa shape index (κ2) is 12.5. The van der Waals surface area contributed by atoms with E-state index < -0.39 is 0 Å². The predicted molar refractivity (Wildman–Crippen MR) is 219 cm³/mol. The molecular formula is C48H44N4. The second-order valence-corrected chi connectivity index (χ2v) is 15.4. The Labute approximate surface area is 306 Å². The molecule has 0 spiro atoms. The standard InChI is InChI=1S/C48H44N4/c1-31-20-22-36(23-21-31)46-49-45(35-26-28-48(3,4)29-27-35)50-47(51(46)5)52-42-30-41(34-16-10-7-11-17-34)38-18-12-13-19-39(38)43(42)40-25-24-37(32(2)44(40)52)33-14-8-6-9-15-33/h6-28,30,32,37,47H,29H2,1-5H3. The van der Waals surface area contributed by atoms with Crippen LogP contribution in [0.1, 0.15) is 73.3 Å². The molecule has 3 aliphatic rings. The maximum Gasteiger partial charge on any atom is 0.206 e. The molecule has 0 N–H and O–H groups in total. The van der Waals surface area contributed by atoms with Crippen LogP contribution in [0.5, 0.6) is 0 Å². The average Bonchev–Trinajstić information content (AvgIpc) is 3.51. The Morgan fingerprint density at radius 2 is 1.46 bits per heavy atom. The van der Waals surface area contributed by atoms with Crippen molar-refractivity contribution in [3.8, 4) is 11.1 Å². The summed E-state index contributed by atoms with van der Waals surface area (Å²) in [6.45, 7) is 9.09. The molecule has 3 atom stereocenters. The summed E-state index contributed by atoms with van der Waals surface area (Å²) in [5, 5.41) is 3.80. The number of nitrogens with zero attached hydrogens (tertiary/aromatic N) is 4. The fourth-order valence-corrected chi connectivity index (χ4v) is 8.42. The molecule has 6 aromatic rings. The Bertz CT molecular complexity index is 2490. The Kier molecular flexibility index (Phi) is 7.73. The van der Waals surface area contributed by atoms with Gasteiger partial charge in [-0.05, 0) is 52.3 Å². The van der Waals surface area contributed by atoms with Crippen molar-refractivity contribution in [3.05, 3.63) is 173 Å². The van der Waals surface area contributed by atoms with E-state index in [1.165, 1.54) is 55.2 Å². The summed E-state index contributed by atoms with van der Waals surface area (Å²) in [7, 11) is 2.16. The number of aliphatic imine (C=N–C) groups is 2. The van der Waals surface area contributed by atoms with E-state index in [1.54, 1.807) is 0 Å². The number of rotatable bonds is 5. The summed E-state index contributed by atoms with van der Waals surface area (Å²) < 4.78 is 2.55. The molecule has 0 fully saturated rings. The molecule has 1 aliphatic heterocycles. The SMILES string of the molecule is Cc1ccc(C2=NC(C3=CCC(C)(C)C=C3)=NC(n3c4c(c5c6ccccc6c(-c6ccccc6)cc53)C=CC(c3ccccc3)C4C)N2C)cc1. The van der Waals surface area contributed by atoms with Gasteiger partial charge in [-0.1, -0.05) is 166 Å². The molecule has 52 heavy (non-hydrogen) atoms. The van der Waals surface area contributed by atoms with Crippen molar-refractivity contribution in [1.29, 1.82) is 0 Å². The molecule has 0 bridgehead atoms. The molecule has 9 rings (SSSR count). The molecule has 0 amide bonds. The van der Waals surface area contributed by atoms with Crippen LogP contribution in [0.4, 0.5) is 0 Å². The molecule has 3 unspecified atom stereocenters. The monoisotopic (exact) mass is 676 g/mol. The lowest BCUT2D eigenvalue weighted by molar-refractivity contribution is 0.281. The lowest BCUT2D eigenvalue weighted by Crippen LogP contribution is -2.39. The predicted octanol–water partition coefficient (Wildman–Crippen LogP) is 11.8. The Balaban J connectivity index is 1.35. The van der Waals surface area contributed by atoms with E-state index in [4.69, 9.17) is 9.98 Å². The zero-order valence-corrected chi connectivity index (χ0v) is 30.6. The van der Waals surface area contributed by atoms with E-state index in [0.29, 0.717) is 0 Å². The van der Waals surface area contributed by atoms with Gasteiger partial charge < -0.3 is 9.47 Å². The Hall–Kier alpha value is -5.74. The molecule has 2 heterocycles. The van der Waals surface area contributed by atoms with Gasteiger partial charge in [0, 0.05) is 46.7 Å². The van der Waals surface area contributed by atoms with Gasteiger partial charge in [0.1, 0.15) is 5.84 Å². The third kappa shape index (κ3) is 5.36. The van der Waals surface area contributed by atoms with Crippen LogP contribution in [-0.2, 0) is 0 Å². The largest absolute Gasteiger partial charge is 0.320 e. The Morgan fingerprint density at radius 1 is 0.769 bits per heavy atom. The normalized spacial score (nSPS) is 20.8. The van der Waals surface area contributed by atoms with Crippen molar-refractivity contribution in [2.75, 3.05) is 7.05 Å². The fourth-order valence-electron chi connectivity index (χ4n) is 8.42. The number of allylic oxidation sites excluding steroid dienone is 3. The molecule has 2 aliphatic carbocycles. The van der Waals surface area contributed by atoms with Gasteiger partial charge in [-0.15, -0.1) is 0 Å². The van der Waals surface area contributed by atoms with Crippen molar-refractivity contribution in [3.63, 3.8) is 0 Å². The van der Waals surface area contributed by atoms with Gasteiger partial charge in [-0.2, -0.15) is 0 Å². The first kappa shape index (κ1) is 32.2. The number of aromatic nitrogens is 1. The molecule has 256 valence electrons. The van der Waals surface area contributed by atoms with Crippen LogP contribution in [-0.4, -0.2) is 28.2 Å². The summed E-state index contributed by atoms with van der Waals surface area (Å²) in [4.78, 5) is 13.2. The first-order chi connectivity index (χ1) is 25.3. The summed E-state index contributed by atoms with van der Waals surface area (Å²) in [5.74, 6) is 2.12. The molecule has 0 saturated carbocycles. The van der Waals surface area contributed by atoms with Gasteiger partial charge in [0.25, 0.3) is 0 Å². The van der Waals surface area contributed by atoms with Crippen LogP contribution in [0.2, 0.25) is 0 Å². The Morgan fingerprint density at radius 3 is 2.17 bits per heavy atom.